The van der Waals surface area contributed by atoms with Crippen molar-refractivity contribution in [2.24, 2.45) is 17.8 Å². The summed E-state index contributed by atoms with van der Waals surface area (Å²) < 4.78 is 10.5. The first-order valence-electron chi connectivity index (χ1n) is 14.5. The highest BCUT2D eigenvalue weighted by atomic mass is 16.5. The van der Waals surface area contributed by atoms with E-state index in [0.717, 1.165) is 0 Å². The maximum Gasteiger partial charge on any atom is 0.328 e. The first-order chi connectivity index (χ1) is 19.1. The Labute approximate surface area is 246 Å². The van der Waals surface area contributed by atoms with E-state index in [2.05, 4.69) is 10.6 Å². The fourth-order valence-corrected chi connectivity index (χ4v) is 4.88. The molecule has 0 saturated heterocycles. The van der Waals surface area contributed by atoms with Gasteiger partial charge >= 0.3 is 11.9 Å². The van der Waals surface area contributed by atoms with Crippen molar-refractivity contribution in [1.29, 1.82) is 0 Å². The number of hydrogen-bond donors (Lipinski definition) is 2. The number of esters is 2. The van der Waals surface area contributed by atoms with Gasteiger partial charge in [0.2, 0.25) is 17.7 Å². The minimum atomic E-state index is -1.29. The summed E-state index contributed by atoms with van der Waals surface area (Å²) >= 11 is 0. The number of ether oxygens (including phenoxy) is 2. The number of carbonyl (C=O) groups is 5. The van der Waals surface area contributed by atoms with Crippen LogP contribution in [0.2, 0.25) is 0 Å². The zero-order chi connectivity index (χ0) is 32.0. The van der Waals surface area contributed by atoms with Crippen molar-refractivity contribution in [1.82, 2.24) is 20.4 Å². The molecule has 0 saturated carbocycles. The Hall–Kier alpha value is -2.95. The van der Waals surface area contributed by atoms with Crippen LogP contribution >= 0.6 is 0 Å². The largest absolute Gasteiger partial charge is 0.467 e. The molecule has 41 heavy (non-hydrogen) atoms. The summed E-state index contributed by atoms with van der Waals surface area (Å²) in [5.41, 5.74) is 0. The van der Waals surface area contributed by atoms with Gasteiger partial charge in [0, 0.05) is 21.0 Å². The Morgan fingerprint density at radius 2 is 1.46 bits per heavy atom. The number of amides is 3. The standard InChI is InChI=1S/C30H54N4O7/c1-13-15-16-20(7)26(41-21(8)35)25(27(36)32-22(14-2)30(39)40-12)34(11)29(38)24(19(5)6)33(10)28(37)23(31-9)17-18(3)4/h13,15,18-20,22-26,31H,14,16-17H2,1-12H3,(H,32,36)/t20-,22+,23+,24+,25+,26-/m1/s1. The molecule has 0 rings (SSSR count). The lowest BCUT2D eigenvalue weighted by Crippen LogP contribution is -2.63. The molecule has 0 aliphatic rings. The Balaban J connectivity index is 6.75. The number of rotatable bonds is 17. The van der Waals surface area contributed by atoms with Crippen LogP contribution in [0, 0.1) is 17.8 Å². The van der Waals surface area contributed by atoms with E-state index in [1.54, 1.807) is 21.0 Å². The van der Waals surface area contributed by atoms with Crippen LogP contribution in [0.5, 0.6) is 0 Å². The fraction of sp³-hybridized carbons (Fsp3) is 0.767. The molecule has 236 valence electrons. The Morgan fingerprint density at radius 3 is 1.88 bits per heavy atom. The predicted octanol–water partition coefficient (Wildman–Crippen LogP) is 2.53. The number of likely N-dealkylation sites (N-methyl/N-ethyl adjacent to an activating group) is 3. The van der Waals surface area contributed by atoms with Crippen molar-refractivity contribution >= 4 is 29.7 Å². The molecule has 0 radical (unpaired) electrons. The van der Waals surface area contributed by atoms with Crippen LogP contribution in [-0.4, -0.2) is 98.0 Å². The maximum absolute atomic E-state index is 14.2. The number of allylic oxidation sites excluding steroid dienone is 2. The highest BCUT2D eigenvalue weighted by Crippen LogP contribution is 2.24. The van der Waals surface area contributed by atoms with Crippen molar-refractivity contribution in [2.45, 2.75) is 105 Å². The molecule has 0 aromatic heterocycles. The molecule has 0 fully saturated rings. The second kappa shape index (κ2) is 18.5. The first kappa shape index (κ1) is 38.0. The van der Waals surface area contributed by atoms with Gasteiger partial charge in [-0.25, -0.2) is 4.79 Å². The quantitative estimate of drug-likeness (QED) is 0.197. The molecule has 11 nitrogen and oxygen atoms in total. The average Bonchev–Trinajstić information content (AvgIpc) is 2.91. The van der Waals surface area contributed by atoms with E-state index in [0.29, 0.717) is 12.8 Å². The highest BCUT2D eigenvalue weighted by molar-refractivity contribution is 5.94. The second-order valence-corrected chi connectivity index (χ2v) is 11.4. The minimum absolute atomic E-state index is 0.239. The number of carbonyl (C=O) groups excluding carboxylic acids is 5. The van der Waals surface area contributed by atoms with Gasteiger partial charge in [-0.3, -0.25) is 19.2 Å². The monoisotopic (exact) mass is 582 g/mol. The molecular formula is C30H54N4O7. The zero-order valence-corrected chi connectivity index (χ0v) is 27.1. The summed E-state index contributed by atoms with van der Waals surface area (Å²) in [6, 6.07) is -3.64. The van der Waals surface area contributed by atoms with Crippen molar-refractivity contribution in [2.75, 3.05) is 28.3 Å². The summed E-state index contributed by atoms with van der Waals surface area (Å²) in [5.74, 6) is -3.05. The van der Waals surface area contributed by atoms with E-state index in [1.165, 1.54) is 30.9 Å². The number of methoxy groups -OCH3 is 1. The van der Waals surface area contributed by atoms with Crippen molar-refractivity contribution < 1.29 is 33.4 Å². The SMILES string of the molecule is CC=CC[C@@H](C)[C@@H](OC(C)=O)[C@@H](C(=O)N[C@@H](CC)C(=O)OC)N(C)C(=O)[C@H](C(C)C)N(C)C(=O)[C@H](CC(C)C)NC. The smallest absolute Gasteiger partial charge is 0.328 e. The molecule has 0 aliphatic heterocycles. The fourth-order valence-electron chi connectivity index (χ4n) is 4.88. The molecule has 11 heteroatoms. The third kappa shape index (κ3) is 11.4. The summed E-state index contributed by atoms with van der Waals surface area (Å²) in [4.78, 5) is 68.7. The molecule has 0 unspecified atom stereocenters. The molecule has 0 spiro atoms. The third-order valence-corrected chi connectivity index (χ3v) is 7.16. The average molecular weight is 583 g/mol. The van der Waals surface area contributed by atoms with Crippen LogP contribution in [0.15, 0.2) is 12.2 Å². The number of hydrogen-bond acceptors (Lipinski definition) is 8. The summed E-state index contributed by atoms with van der Waals surface area (Å²) in [7, 11) is 5.98. The second-order valence-electron chi connectivity index (χ2n) is 11.4. The molecule has 3 amide bonds. The van der Waals surface area contributed by atoms with Crippen molar-refractivity contribution in [3.05, 3.63) is 12.2 Å². The Kier molecular flexibility index (Phi) is 17.1. The molecule has 0 aliphatic carbocycles. The Bertz CT molecular complexity index is 905. The highest BCUT2D eigenvalue weighted by Gasteiger charge is 2.44. The van der Waals surface area contributed by atoms with Gasteiger partial charge < -0.3 is 29.9 Å². The van der Waals surface area contributed by atoms with Gasteiger partial charge in [0.05, 0.1) is 13.2 Å². The van der Waals surface area contributed by atoms with Crippen LogP contribution < -0.4 is 10.6 Å². The van der Waals surface area contributed by atoms with Gasteiger partial charge in [-0.05, 0) is 51.0 Å². The molecule has 0 aromatic rings. The maximum atomic E-state index is 14.2. The molecule has 0 aromatic carbocycles. The minimum Gasteiger partial charge on any atom is -0.467 e. The molecule has 0 bridgehead atoms. The lowest BCUT2D eigenvalue weighted by molar-refractivity contribution is -0.163. The summed E-state index contributed by atoms with van der Waals surface area (Å²) in [6.45, 7) is 14.3. The van der Waals surface area contributed by atoms with Gasteiger partial charge in [0.25, 0.3) is 0 Å². The van der Waals surface area contributed by atoms with Crippen LogP contribution in [0.25, 0.3) is 0 Å². The molecule has 0 heterocycles. The van der Waals surface area contributed by atoms with E-state index in [9.17, 15) is 24.0 Å². The molecule has 2 N–H and O–H groups in total. The van der Waals surface area contributed by atoms with E-state index >= 15 is 0 Å². The summed E-state index contributed by atoms with van der Waals surface area (Å²) in [5, 5.41) is 5.73. The lowest BCUT2D eigenvalue weighted by Gasteiger charge is -2.40. The van der Waals surface area contributed by atoms with E-state index < -0.39 is 54.0 Å². The lowest BCUT2D eigenvalue weighted by atomic mass is 9.91. The first-order valence-corrected chi connectivity index (χ1v) is 14.5. The van der Waals surface area contributed by atoms with E-state index in [1.807, 2.05) is 53.7 Å². The molecule has 6 atom stereocenters. The number of nitrogens with zero attached hydrogens (tertiary/aromatic N) is 2. The Morgan fingerprint density at radius 1 is 0.902 bits per heavy atom. The third-order valence-electron chi connectivity index (χ3n) is 7.16. The zero-order valence-electron chi connectivity index (χ0n) is 27.1. The van der Waals surface area contributed by atoms with Gasteiger partial charge in [-0.1, -0.05) is 53.7 Å². The van der Waals surface area contributed by atoms with Crippen LogP contribution in [-0.2, 0) is 33.4 Å². The van der Waals surface area contributed by atoms with Crippen molar-refractivity contribution in [3.63, 3.8) is 0 Å². The van der Waals surface area contributed by atoms with Gasteiger partial charge in [0.1, 0.15) is 24.2 Å². The normalized spacial score (nSPS) is 16.0. The van der Waals surface area contributed by atoms with Gasteiger partial charge in [-0.15, -0.1) is 0 Å². The summed E-state index contributed by atoms with van der Waals surface area (Å²) in [6.07, 6.45) is 4.01. The van der Waals surface area contributed by atoms with Gasteiger partial charge in [0.15, 0.2) is 0 Å². The van der Waals surface area contributed by atoms with Crippen LogP contribution in [0.1, 0.15) is 74.7 Å². The van der Waals surface area contributed by atoms with E-state index in [4.69, 9.17) is 9.47 Å². The number of nitrogens with one attached hydrogen (secondary N) is 2. The molecular weight excluding hydrogens is 528 g/mol. The van der Waals surface area contributed by atoms with Gasteiger partial charge in [-0.2, -0.15) is 0 Å². The topological polar surface area (TPSA) is 134 Å². The van der Waals surface area contributed by atoms with Crippen LogP contribution in [0.3, 0.4) is 0 Å². The van der Waals surface area contributed by atoms with Crippen molar-refractivity contribution in [3.8, 4) is 0 Å². The predicted molar refractivity (Wildman–Crippen MR) is 159 cm³/mol. The van der Waals surface area contributed by atoms with E-state index in [-0.39, 0.29) is 30.1 Å². The van der Waals surface area contributed by atoms with Crippen LogP contribution in [0.4, 0.5) is 0 Å².